The first-order valence-corrected chi connectivity index (χ1v) is 3.26. The molecule has 0 aromatic heterocycles. The third-order valence-electron chi connectivity index (χ3n) is 1.71. The summed E-state index contributed by atoms with van der Waals surface area (Å²) in [6.45, 7) is 0. The topological polar surface area (TPSA) is 46.5 Å². The van der Waals surface area contributed by atoms with E-state index in [0.717, 1.165) is 5.57 Å². The quantitative estimate of drug-likeness (QED) is 0.602. The molecule has 0 aromatic carbocycles. The van der Waals surface area contributed by atoms with Crippen LogP contribution in [0.25, 0.3) is 0 Å². The predicted octanol–water partition coefficient (Wildman–Crippen LogP) is 0.850. The van der Waals surface area contributed by atoms with Crippen molar-refractivity contribution in [1.29, 1.82) is 0 Å². The Kier molecular flexibility index (Phi) is 1.12. The Morgan fingerprint density at radius 2 is 2.45 bits per heavy atom. The number of carboxylic acid groups (broad SMARTS) is 1. The van der Waals surface area contributed by atoms with Gasteiger partial charge in [0, 0.05) is 5.57 Å². The summed E-state index contributed by atoms with van der Waals surface area (Å²) in [5.41, 5.74) is 1.23. The largest absolute Gasteiger partial charge is 0.489 e. The lowest BCUT2D eigenvalue weighted by atomic mass is 10.2. The Morgan fingerprint density at radius 3 is 3.09 bits per heavy atom. The summed E-state index contributed by atoms with van der Waals surface area (Å²) in [7, 11) is 0. The Hall–Kier alpha value is -1.51. The fraction of sp³-hybridized carbons (Fsp3) is 0.125. The molecule has 0 saturated carbocycles. The number of aliphatic carboxylic acids is 1. The number of carboxylic acids is 1. The zero-order valence-corrected chi connectivity index (χ0v) is 5.65. The molecule has 1 aliphatic heterocycles. The van der Waals surface area contributed by atoms with Gasteiger partial charge in [-0.25, -0.2) is 4.79 Å². The van der Waals surface area contributed by atoms with Gasteiger partial charge in [0.15, 0.2) is 0 Å². The maximum atomic E-state index is 10.4. The van der Waals surface area contributed by atoms with Crippen molar-refractivity contribution < 1.29 is 14.6 Å². The number of fused-ring (bicyclic) bond motifs is 1. The standard InChI is InChI=1S/C8H6O3/c9-8(10)6-3-5-1-2-11-7(5)4-6/h1-4,7H,(H,9,10). The molecule has 1 aliphatic carbocycles. The molecule has 1 atom stereocenters. The van der Waals surface area contributed by atoms with Gasteiger partial charge in [-0.3, -0.25) is 0 Å². The highest BCUT2D eigenvalue weighted by Crippen LogP contribution is 2.26. The van der Waals surface area contributed by atoms with Crippen LogP contribution in [0.3, 0.4) is 0 Å². The van der Waals surface area contributed by atoms with Crippen molar-refractivity contribution in [2.75, 3.05) is 0 Å². The van der Waals surface area contributed by atoms with E-state index in [4.69, 9.17) is 9.84 Å². The lowest BCUT2D eigenvalue weighted by Crippen LogP contribution is -2.00. The molecule has 1 heterocycles. The highest BCUT2D eigenvalue weighted by atomic mass is 16.5. The first-order chi connectivity index (χ1) is 5.27. The van der Waals surface area contributed by atoms with Crippen molar-refractivity contribution in [2.24, 2.45) is 0 Å². The lowest BCUT2D eigenvalue weighted by Gasteiger charge is -1.99. The molecule has 2 rings (SSSR count). The third kappa shape index (κ3) is 0.852. The van der Waals surface area contributed by atoms with Crippen LogP contribution in [0.15, 0.2) is 35.6 Å². The normalized spacial score (nSPS) is 25.6. The highest BCUT2D eigenvalue weighted by molar-refractivity contribution is 5.91. The smallest absolute Gasteiger partial charge is 0.335 e. The van der Waals surface area contributed by atoms with Crippen molar-refractivity contribution in [3.8, 4) is 0 Å². The van der Waals surface area contributed by atoms with Gasteiger partial charge in [0.1, 0.15) is 6.10 Å². The second kappa shape index (κ2) is 1.99. The van der Waals surface area contributed by atoms with Gasteiger partial charge < -0.3 is 9.84 Å². The highest BCUT2D eigenvalue weighted by Gasteiger charge is 2.24. The van der Waals surface area contributed by atoms with Gasteiger partial charge in [-0.15, -0.1) is 0 Å². The number of hydrogen-bond acceptors (Lipinski definition) is 2. The minimum Gasteiger partial charge on any atom is -0.489 e. The van der Waals surface area contributed by atoms with E-state index in [2.05, 4.69) is 0 Å². The van der Waals surface area contributed by atoms with E-state index < -0.39 is 5.97 Å². The van der Waals surface area contributed by atoms with Crippen LogP contribution in [-0.2, 0) is 9.53 Å². The summed E-state index contributed by atoms with van der Waals surface area (Å²) >= 11 is 0. The van der Waals surface area contributed by atoms with Crippen molar-refractivity contribution in [3.05, 3.63) is 35.6 Å². The average Bonchev–Trinajstić information content (AvgIpc) is 2.40. The van der Waals surface area contributed by atoms with E-state index in [1.165, 1.54) is 0 Å². The minimum atomic E-state index is -0.899. The Morgan fingerprint density at radius 1 is 1.64 bits per heavy atom. The average molecular weight is 150 g/mol. The molecule has 0 spiro atoms. The lowest BCUT2D eigenvalue weighted by molar-refractivity contribution is -0.132. The molecule has 1 N–H and O–H groups in total. The van der Waals surface area contributed by atoms with Crippen LogP contribution in [0.2, 0.25) is 0 Å². The summed E-state index contributed by atoms with van der Waals surface area (Å²) < 4.78 is 5.07. The van der Waals surface area contributed by atoms with E-state index in [9.17, 15) is 4.79 Å². The van der Waals surface area contributed by atoms with Gasteiger partial charge in [-0.1, -0.05) is 0 Å². The molecular formula is C8H6O3. The van der Waals surface area contributed by atoms with E-state index in [1.54, 1.807) is 24.5 Å². The van der Waals surface area contributed by atoms with Gasteiger partial charge >= 0.3 is 5.97 Å². The number of rotatable bonds is 1. The Balaban J connectivity index is 2.31. The molecule has 0 amide bonds. The zero-order chi connectivity index (χ0) is 7.84. The molecule has 1 unspecified atom stereocenters. The fourth-order valence-electron chi connectivity index (χ4n) is 1.17. The molecular weight excluding hydrogens is 144 g/mol. The van der Waals surface area contributed by atoms with Gasteiger partial charge in [0.25, 0.3) is 0 Å². The first-order valence-electron chi connectivity index (χ1n) is 3.26. The van der Waals surface area contributed by atoms with Crippen LogP contribution in [0.5, 0.6) is 0 Å². The Labute approximate surface area is 63.3 Å². The van der Waals surface area contributed by atoms with Gasteiger partial charge in [0.05, 0.1) is 11.8 Å². The second-order valence-electron chi connectivity index (χ2n) is 2.43. The zero-order valence-electron chi connectivity index (χ0n) is 5.65. The minimum absolute atomic E-state index is 0.152. The summed E-state index contributed by atoms with van der Waals surface area (Å²) in [4.78, 5) is 10.4. The van der Waals surface area contributed by atoms with Crippen molar-refractivity contribution in [1.82, 2.24) is 0 Å². The van der Waals surface area contributed by atoms with Gasteiger partial charge in [0.2, 0.25) is 0 Å². The molecule has 3 heteroatoms. The molecule has 11 heavy (non-hydrogen) atoms. The SMILES string of the molecule is O=C(O)C1=CC2OC=CC2=C1. The van der Waals surface area contributed by atoms with Crippen LogP contribution >= 0.6 is 0 Å². The maximum absolute atomic E-state index is 10.4. The predicted molar refractivity (Wildman–Crippen MR) is 37.8 cm³/mol. The molecule has 56 valence electrons. The van der Waals surface area contributed by atoms with E-state index in [-0.39, 0.29) is 6.10 Å². The van der Waals surface area contributed by atoms with E-state index in [0.29, 0.717) is 5.57 Å². The number of hydrogen-bond donors (Lipinski definition) is 1. The number of ether oxygens (including phenoxy) is 1. The van der Waals surface area contributed by atoms with E-state index >= 15 is 0 Å². The van der Waals surface area contributed by atoms with Crippen LogP contribution in [0.4, 0.5) is 0 Å². The molecule has 0 fully saturated rings. The number of carbonyl (C=O) groups is 1. The van der Waals surface area contributed by atoms with Gasteiger partial charge in [-0.05, 0) is 18.2 Å². The van der Waals surface area contributed by atoms with E-state index in [1.807, 2.05) is 0 Å². The van der Waals surface area contributed by atoms with Crippen LogP contribution in [0, 0.1) is 0 Å². The Bertz CT molecular complexity index is 296. The van der Waals surface area contributed by atoms with Crippen LogP contribution in [-0.4, -0.2) is 17.2 Å². The fourth-order valence-corrected chi connectivity index (χ4v) is 1.17. The van der Waals surface area contributed by atoms with Crippen molar-refractivity contribution >= 4 is 5.97 Å². The molecule has 0 aromatic rings. The second-order valence-corrected chi connectivity index (χ2v) is 2.43. The van der Waals surface area contributed by atoms with Crippen LogP contribution in [0.1, 0.15) is 0 Å². The van der Waals surface area contributed by atoms with Crippen molar-refractivity contribution in [3.63, 3.8) is 0 Å². The summed E-state index contributed by atoms with van der Waals surface area (Å²) in [5, 5.41) is 8.58. The molecule has 0 radical (unpaired) electrons. The van der Waals surface area contributed by atoms with Crippen molar-refractivity contribution in [2.45, 2.75) is 6.10 Å². The maximum Gasteiger partial charge on any atom is 0.335 e. The molecule has 2 aliphatic rings. The van der Waals surface area contributed by atoms with Crippen LogP contribution < -0.4 is 0 Å². The molecule has 3 nitrogen and oxygen atoms in total. The molecule has 0 bridgehead atoms. The monoisotopic (exact) mass is 150 g/mol. The summed E-state index contributed by atoms with van der Waals surface area (Å²) in [6.07, 6.45) is 6.41. The summed E-state index contributed by atoms with van der Waals surface area (Å²) in [5.74, 6) is -0.899. The van der Waals surface area contributed by atoms with Gasteiger partial charge in [-0.2, -0.15) is 0 Å². The first kappa shape index (κ1) is 6.22. The summed E-state index contributed by atoms with van der Waals surface area (Å²) in [6, 6.07) is 0. The molecule has 0 saturated heterocycles. The third-order valence-corrected chi connectivity index (χ3v) is 1.71.